The summed E-state index contributed by atoms with van der Waals surface area (Å²) in [5.74, 6) is 0. The molecular formula is C11H16N2O6. The van der Waals surface area contributed by atoms with Crippen LogP contribution in [0.2, 0.25) is 0 Å². The molecule has 1 aliphatic heterocycles. The zero-order valence-electron chi connectivity index (χ0n) is 10.3. The molecule has 1 aromatic heterocycles. The largest absolute Gasteiger partial charge is 0.394 e. The third-order valence-corrected chi connectivity index (χ3v) is 3.19. The maximum absolute atomic E-state index is 11.7. The lowest BCUT2D eigenvalue weighted by atomic mass is 10.0. The number of ether oxygens (including phenoxy) is 1. The van der Waals surface area contributed by atoms with Crippen LogP contribution in [-0.2, 0) is 4.74 Å². The lowest BCUT2D eigenvalue weighted by molar-refractivity contribution is -0.202. The van der Waals surface area contributed by atoms with E-state index in [1.54, 1.807) is 0 Å². The van der Waals surface area contributed by atoms with Gasteiger partial charge in [0.05, 0.1) is 12.7 Å². The fourth-order valence-corrected chi connectivity index (χ4v) is 2.06. The highest BCUT2D eigenvalue weighted by Gasteiger charge is 2.37. The topological polar surface area (TPSA) is 125 Å². The summed E-state index contributed by atoms with van der Waals surface area (Å²) in [4.78, 5) is 25.1. The summed E-state index contributed by atoms with van der Waals surface area (Å²) in [7, 11) is 0. The zero-order chi connectivity index (χ0) is 14.2. The Morgan fingerprint density at radius 1 is 1.47 bits per heavy atom. The third kappa shape index (κ3) is 2.61. The van der Waals surface area contributed by atoms with Crippen LogP contribution < -0.4 is 11.2 Å². The number of hydrogen-bond donors (Lipinski definition) is 4. The molecule has 4 N–H and O–H groups in total. The highest BCUT2D eigenvalue weighted by molar-refractivity contribution is 5.02. The molecule has 0 amide bonds. The van der Waals surface area contributed by atoms with Crippen molar-refractivity contribution in [1.29, 1.82) is 0 Å². The van der Waals surface area contributed by atoms with Crippen LogP contribution in [0.4, 0.5) is 0 Å². The smallest absolute Gasteiger partial charge is 0.330 e. The average Bonchev–Trinajstić information content (AvgIpc) is 2.37. The number of aromatic nitrogens is 2. The molecule has 1 saturated heterocycles. The number of nitrogens with one attached hydrogen (secondary N) is 1. The van der Waals surface area contributed by atoms with Gasteiger partial charge in [-0.15, -0.1) is 0 Å². The lowest BCUT2D eigenvalue weighted by Crippen LogP contribution is -2.50. The van der Waals surface area contributed by atoms with E-state index in [-0.39, 0.29) is 6.42 Å². The summed E-state index contributed by atoms with van der Waals surface area (Å²) >= 11 is 0. The minimum atomic E-state index is -1.21. The van der Waals surface area contributed by atoms with Crippen molar-refractivity contribution in [2.24, 2.45) is 0 Å². The van der Waals surface area contributed by atoms with E-state index < -0.39 is 42.4 Å². The van der Waals surface area contributed by atoms with Gasteiger partial charge in [0.25, 0.3) is 5.56 Å². The summed E-state index contributed by atoms with van der Waals surface area (Å²) in [6.45, 7) is 1.05. The van der Waals surface area contributed by atoms with E-state index in [0.717, 1.165) is 4.57 Å². The van der Waals surface area contributed by atoms with Crippen LogP contribution >= 0.6 is 0 Å². The van der Waals surface area contributed by atoms with Crippen LogP contribution in [-0.4, -0.2) is 49.8 Å². The van der Waals surface area contributed by atoms with E-state index in [4.69, 9.17) is 9.84 Å². The number of H-pyrrole nitrogens is 1. The van der Waals surface area contributed by atoms with E-state index in [0.29, 0.717) is 5.56 Å². The molecule has 8 nitrogen and oxygen atoms in total. The summed E-state index contributed by atoms with van der Waals surface area (Å²) in [6.07, 6.45) is -2.84. The molecule has 0 saturated carbocycles. The molecule has 2 rings (SSSR count). The van der Waals surface area contributed by atoms with Crippen molar-refractivity contribution in [2.45, 2.75) is 37.9 Å². The number of hydrogen-bond acceptors (Lipinski definition) is 6. The number of rotatable bonds is 2. The summed E-state index contributed by atoms with van der Waals surface area (Å²) in [5.41, 5.74) is -0.832. The number of aliphatic hydroxyl groups excluding tert-OH is 3. The Hall–Kier alpha value is -1.48. The number of nitrogens with zero attached hydrogens (tertiary/aromatic N) is 1. The predicted molar refractivity (Wildman–Crippen MR) is 63.7 cm³/mol. The molecule has 0 bridgehead atoms. The molecule has 1 aromatic rings. The number of aryl methyl sites for hydroxylation is 1. The van der Waals surface area contributed by atoms with Crippen molar-refractivity contribution in [1.82, 2.24) is 9.55 Å². The molecule has 0 aliphatic carbocycles. The van der Waals surface area contributed by atoms with Crippen molar-refractivity contribution in [3.8, 4) is 0 Å². The van der Waals surface area contributed by atoms with Gasteiger partial charge in [0.15, 0.2) is 0 Å². The van der Waals surface area contributed by atoms with Gasteiger partial charge in [0, 0.05) is 18.2 Å². The van der Waals surface area contributed by atoms with Gasteiger partial charge in [0.2, 0.25) is 0 Å². The lowest BCUT2D eigenvalue weighted by Gasteiger charge is -2.36. The van der Waals surface area contributed by atoms with E-state index in [9.17, 15) is 19.8 Å². The Balaban J connectivity index is 2.35. The summed E-state index contributed by atoms with van der Waals surface area (Å²) < 4.78 is 6.49. The minimum absolute atomic E-state index is 0.0109. The molecule has 0 radical (unpaired) electrons. The normalized spacial score (nSPS) is 31.4. The van der Waals surface area contributed by atoms with Gasteiger partial charge in [-0.3, -0.25) is 14.3 Å². The van der Waals surface area contributed by atoms with Gasteiger partial charge in [-0.1, -0.05) is 0 Å². The van der Waals surface area contributed by atoms with Crippen LogP contribution in [0, 0.1) is 6.92 Å². The Labute approximate surface area is 107 Å². The Kier molecular flexibility index (Phi) is 3.85. The summed E-state index contributed by atoms with van der Waals surface area (Å²) in [5, 5.41) is 28.4. The maximum Gasteiger partial charge on any atom is 0.330 e. The first-order chi connectivity index (χ1) is 8.93. The third-order valence-electron chi connectivity index (χ3n) is 3.19. The second-order valence-corrected chi connectivity index (χ2v) is 4.58. The molecule has 2 heterocycles. The van der Waals surface area contributed by atoms with E-state index >= 15 is 0 Å². The van der Waals surface area contributed by atoms with Crippen LogP contribution in [0.5, 0.6) is 0 Å². The van der Waals surface area contributed by atoms with Crippen LogP contribution in [0.3, 0.4) is 0 Å². The monoisotopic (exact) mass is 272 g/mol. The SMILES string of the molecule is Cc1cn(C2C[C@@H](O)[C@H](O)[C@@H](CO)O2)c(=O)[nH]c1=O. The Morgan fingerprint density at radius 3 is 2.79 bits per heavy atom. The molecular weight excluding hydrogens is 256 g/mol. The van der Waals surface area contributed by atoms with Gasteiger partial charge in [0.1, 0.15) is 18.4 Å². The number of aromatic amines is 1. The quantitative estimate of drug-likeness (QED) is 0.486. The van der Waals surface area contributed by atoms with Crippen LogP contribution in [0.15, 0.2) is 15.8 Å². The average molecular weight is 272 g/mol. The Morgan fingerprint density at radius 2 is 2.16 bits per heavy atom. The second kappa shape index (κ2) is 5.25. The van der Waals surface area contributed by atoms with Crippen molar-refractivity contribution < 1.29 is 20.1 Å². The van der Waals surface area contributed by atoms with Crippen LogP contribution in [0.25, 0.3) is 0 Å². The molecule has 106 valence electrons. The van der Waals surface area contributed by atoms with Gasteiger partial charge >= 0.3 is 5.69 Å². The first kappa shape index (κ1) is 13.9. The minimum Gasteiger partial charge on any atom is -0.394 e. The molecule has 1 aliphatic rings. The maximum atomic E-state index is 11.7. The molecule has 4 atom stereocenters. The summed E-state index contributed by atoms with van der Waals surface area (Å²) in [6, 6.07) is 0. The molecule has 0 spiro atoms. The zero-order valence-corrected chi connectivity index (χ0v) is 10.3. The first-order valence-corrected chi connectivity index (χ1v) is 5.88. The highest BCUT2D eigenvalue weighted by atomic mass is 16.5. The van der Waals surface area contributed by atoms with Gasteiger partial charge < -0.3 is 20.1 Å². The van der Waals surface area contributed by atoms with Gasteiger partial charge in [-0.25, -0.2) is 4.79 Å². The van der Waals surface area contributed by atoms with Crippen molar-refractivity contribution >= 4 is 0 Å². The molecule has 1 fully saturated rings. The second-order valence-electron chi connectivity index (χ2n) is 4.58. The van der Waals surface area contributed by atoms with Crippen molar-refractivity contribution in [2.75, 3.05) is 6.61 Å². The molecule has 1 unspecified atom stereocenters. The fourth-order valence-electron chi connectivity index (χ4n) is 2.06. The van der Waals surface area contributed by atoms with Crippen LogP contribution in [0.1, 0.15) is 18.2 Å². The predicted octanol–water partition coefficient (Wildman–Crippen LogP) is -2.15. The van der Waals surface area contributed by atoms with Crippen molar-refractivity contribution in [3.05, 3.63) is 32.6 Å². The fraction of sp³-hybridized carbons (Fsp3) is 0.636. The highest BCUT2D eigenvalue weighted by Crippen LogP contribution is 2.26. The van der Waals surface area contributed by atoms with E-state index in [2.05, 4.69) is 4.98 Å². The molecule has 8 heteroatoms. The van der Waals surface area contributed by atoms with E-state index in [1.807, 2.05) is 0 Å². The first-order valence-electron chi connectivity index (χ1n) is 5.88. The molecule has 0 aromatic carbocycles. The molecule has 19 heavy (non-hydrogen) atoms. The van der Waals surface area contributed by atoms with E-state index in [1.165, 1.54) is 13.1 Å². The van der Waals surface area contributed by atoms with Crippen molar-refractivity contribution in [3.63, 3.8) is 0 Å². The van der Waals surface area contributed by atoms with Gasteiger partial charge in [-0.2, -0.15) is 0 Å². The van der Waals surface area contributed by atoms with Gasteiger partial charge in [-0.05, 0) is 6.92 Å². The Bertz CT molecular complexity index is 565. The number of aliphatic hydroxyl groups is 3. The standard InChI is InChI=1S/C11H16N2O6/c1-5-3-13(11(18)12-10(5)17)8-2-6(15)9(16)7(4-14)19-8/h3,6-9,14-16H,2,4H2,1H3,(H,12,17,18)/t6-,7-,8?,9+/m1/s1.